The maximum atomic E-state index is 13.0. The Labute approximate surface area is 506 Å². The zero-order valence-electron chi connectivity index (χ0n) is 54.8. The minimum Gasteiger partial charge on any atom is -0.462 e. The number of hydrogen-bond acceptors (Lipinski definition) is 6. The lowest BCUT2D eigenvalue weighted by atomic mass is 10.0. The molecular weight excluding hydrogens is 997 g/mol. The van der Waals surface area contributed by atoms with E-state index >= 15 is 0 Å². The Kier molecular flexibility index (Phi) is 68.1. The van der Waals surface area contributed by atoms with Crippen LogP contribution in [0.4, 0.5) is 0 Å². The van der Waals surface area contributed by atoms with Gasteiger partial charge in [0.2, 0.25) is 0 Å². The molecule has 1 atom stereocenters. The van der Waals surface area contributed by atoms with Gasteiger partial charge in [-0.05, 0) is 77.0 Å². The molecule has 0 N–H and O–H groups in total. The van der Waals surface area contributed by atoms with Crippen molar-refractivity contribution in [2.24, 2.45) is 0 Å². The van der Waals surface area contributed by atoms with E-state index in [0.717, 1.165) is 70.6 Å². The lowest BCUT2D eigenvalue weighted by Gasteiger charge is -2.18. The normalized spacial score (nSPS) is 12.2. The lowest BCUT2D eigenvalue weighted by molar-refractivity contribution is -0.167. The lowest BCUT2D eigenvalue weighted by Crippen LogP contribution is -2.30. The molecule has 0 aliphatic heterocycles. The van der Waals surface area contributed by atoms with Gasteiger partial charge in [0.15, 0.2) is 6.10 Å². The Balaban J connectivity index is 4.21. The second-order valence-corrected chi connectivity index (χ2v) is 24.9. The highest BCUT2D eigenvalue weighted by atomic mass is 16.6. The molecule has 476 valence electrons. The number of hydrogen-bond donors (Lipinski definition) is 0. The van der Waals surface area contributed by atoms with Gasteiger partial charge in [0.1, 0.15) is 13.2 Å². The van der Waals surface area contributed by atoms with Gasteiger partial charge in [0.05, 0.1) is 0 Å². The average molecular weight is 1140 g/mol. The molecule has 0 saturated carbocycles. The first kappa shape index (κ1) is 78.6. The van der Waals surface area contributed by atoms with Gasteiger partial charge in [-0.2, -0.15) is 0 Å². The van der Waals surface area contributed by atoms with Crippen LogP contribution < -0.4 is 0 Å². The zero-order valence-corrected chi connectivity index (χ0v) is 54.8. The van der Waals surface area contributed by atoms with Gasteiger partial charge >= 0.3 is 17.9 Å². The molecule has 0 aliphatic rings. The second-order valence-electron chi connectivity index (χ2n) is 24.9. The summed E-state index contributed by atoms with van der Waals surface area (Å²) >= 11 is 0. The number of esters is 3. The van der Waals surface area contributed by atoms with Gasteiger partial charge in [0.25, 0.3) is 0 Å². The minimum atomic E-state index is -0.773. The van der Waals surface area contributed by atoms with Crippen LogP contribution in [0.25, 0.3) is 0 Å². The van der Waals surface area contributed by atoms with Crippen LogP contribution in [0.1, 0.15) is 406 Å². The molecule has 0 aromatic rings. The third-order valence-corrected chi connectivity index (χ3v) is 16.6. The predicted molar refractivity (Wildman–Crippen MR) is 353 cm³/mol. The Morgan fingerprint density at radius 3 is 0.691 bits per heavy atom. The molecule has 0 aromatic heterocycles. The molecule has 0 spiro atoms. The van der Waals surface area contributed by atoms with Crippen LogP contribution in [0.15, 0.2) is 36.5 Å². The van der Waals surface area contributed by atoms with Crippen molar-refractivity contribution >= 4 is 17.9 Å². The molecular formula is C75H140O6. The minimum absolute atomic E-state index is 0.0687. The maximum absolute atomic E-state index is 13.0. The number of unbranched alkanes of at least 4 members (excludes halogenated alkanes) is 51. The molecule has 6 nitrogen and oxygen atoms in total. The Morgan fingerprint density at radius 2 is 0.444 bits per heavy atom. The van der Waals surface area contributed by atoms with Crippen LogP contribution in [-0.2, 0) is 28.6 Å². The molecule has 81 heavy (non-hydrogen) atoms. The van der Waals surface area contributed by atoms with E-state index in [1.807, 2.05) is 0 Å². The van der Waals surface area contributed by atoms with Crippen molar-refractivity contribution in [2.75, 3.05) is 13.2 Å². The van der Waals surface area contributed by atoms with Gasteiger partial charge in [-0.15, -0.1) is 0 Å². The van der Waals surface area contributed by atoms with E-state index in [0.29, 0.717) is 19.3 Å². The molecule has 6 heteroatoms. The fourth-order valence-corrected chi connectivity index (χ4v) is 11.1. The van der Waals surface area contributed by atoms with Gasteiger partial charge < -0.3 is 14.2 Å². The highest BCUT2D eigenvalue weighted by molar-refractivity contribution is 5.71. The molecule has 0 fully saturated rings. The van der Waals surface area contributed by atoms with Crippen LogP contribution >= 0.6 is 0 Å². The quantitative estimate of drug-likeness (QED) is 0.0261. The fraction of sp³-hybridized carbons (Fsp3) is 0.880. The van der Waals surface area contributed by atoms with E-state index in [9.17, 15) is 14.4 Å². The third-order valence-electron chi connectivity index (χ3n) is 16.6. The van der Waals surface area contributed by atoms with Crippen LogP contribution in [0.3, 0.4) is 0 Å². The predicted octanol–water partition coefficient (Wildman–Crippen LogP) is 25.1. The summed E-state index contributed by atoms with van der Waals surface area (Å²) < 4.78 is 17.0. The van der Waals surface area contributed by atoms with Gasteiger partial charge in [-0.1, -0.05) is 346 Å². The van der Waals surface area contributed by atoms with E-state index in [4.69, 9.17) is 14.2 Å². The van der Waals surface area contributed by atoms with Crippen molar-refractivity contribution in [3.63, 3.8) is 0 Å². The first-order valence-electron chi connectivity index (χ1n) is 36.5. The molecule has 0 radical (unpaired) electrons. The highest BCUT2D eigenvalue weighted by Gasteiger charge is 2.19. The molecule has 0 aromatic carbocycles. The summed E-state index contributed by atoms with van der Waals surface area (Å²) in [4.78, 5) is 38.5. The molecule has 0 rings (SSSR count). The topological polar surface area (TPSA) is 78.9 Å². The summed E-state index contributed by atoms with van der Waals surface area (Å²) in [7, 11) is 0. The number of ether oxygens (including phenoxy) is 3. The number of allylic oxidation sites excluding steroid dienone is 6. The van der Waals surface area contributed by atoms with Gasteiger partial charge in [-0.3, -0.25) is 14.4 Å². The third kappa shape index (κ3) is 68.3. The summed E-state index contributed by atoms with van der Waals surface area (Å²) in [6.45, 7) is 6.70. The summed E-state index contributed by atoms with van der Waals surface area (Å²) in [6.07, 6.45) is 87.5. The number of rotatable bonds is 68. The van der Waals surface area contributed by atoms with Crippen molar-refractivity contribution in [1.29, 1.82) is 0 Å². The standard InChI is InChI=1S/C75H140O6/c1-4-7-10-13-16-19-22-25-28-30-32-33-34-35-36-37-38-39-40-41-43-44-47-50-53-56-59-62-65-68-74(77)80-71-72(70-79-73(76)67-64-61-58-55-52-49-46-27-24-21-18-15-12-9-6-3)81-75(78)69-66-63-60-57-54-51-48-45-42-31-29-26-23-20-17-14-11-8-5-2/h22,25,27,30,32,46,72H,4-21,23-24,26,28-29,31,33-45,47-71H2,1-3H3/b25-22-,32-30-,46-27-. The zero-order chi connectivity index (χ0) is 58.5. The first-order chi connectivity index (χ1) is 40.0. The first-order valence-corrected chi connectivity index (χ1v) is 36.5. The summed E-state index contributed by atoms with van der Waals surface area (Å²) in [5.74, 6) is -0.845. The summed E-state index contributed by atoms with van der Waals surface area (Å²) in [5.41, 5.74) is 0. The fourth-order valence-electron chi connectivity index (χ4n) is 11.1. The molecule has 0 aliphatic carbocycles. The monoisotopic (exact) mass is 1140 g/mol. The molecule has 1 unspecified atom stereocenters. The summed E-state index contributed by atoms with van der Waals surface area (Å²) in [5, 5.41) is 0. The van der Waals surface area contributed by atoms with E-state index in [1.165, 1.54) is 295 Å². The Bertz CT molecular complexity index is 1350. The second kappa shape index (κ2) is 70.1. The Morgan fingerprint density at radius 1 is 0.247 bits per heavy atom. The number of carbonyl (C=O) groups excluding carboxylic acids is 3. The molecule has 0 saturated heterocycles. The van der Waals surface area contributed by atoms with Crippen molar-refractivity contribution in [3.05, 3.63) is 36.5 Å². The molecule has 0 heterocycles. The van der Waals surface area contributed by atoms with E-state index in [1.54, 1.807) is 0 Å². The van der Waals surface area contributed by atoms with E-state index in [-0.39, 0.29) is 31.1 Å². The smallest absolute Gasteiger partial charge is 0.306 e. The van der Waals surface area contributed by atoms with Crippen molar-refractivity contribution in [2.45, 2.75) is 412 Å². The maximum Gasteiger partial charge on any atom is 0.306 e. The van der Waals surface area contributed by atoms with Crippen molar-refractivity contribution < 1.29 is 28.6 Å². The SMILES string of the molecule is CCCCCCC/C=C\C/C=C\CCCCCCCCCCCCCCCCCCCC(=O)OCC(COC(=O)CCCCCCC/C=C\CCCCCCCC)OC(=O)CCCCCCCCCCCCCCCCCCCCC. The largest absolute Gasteiger partial charge is 0.462 e. The molecule has 0 bridgehead atoms. The number of carbonyl (C=O) groups is 3. The van der Waals surface area contributed by atoms with E-state index in [2.05, 4.69) is 57.2 Å². The van der Waals surface area contributed by atoms with E-state index < -0.39 is 6.10 Å². The Hall–Kier alpha value is -2.37. The molecule has 0 amide bonds. The van der Waals surface area contributed by atoms with Crippen LogP contribution in [-0.4, -0.2) is 37.2 Å². The van der Waals surface area contributed by atoms with Gasteiger partial charge in [0, 0.05) is 19.3 Å². The van der Waals surface area contributed by atoms with Crippen molar-refractivity contribution in [3.8, 4) is 0 Å². The summed E-state index contributed by atoms with van der Waals surface area (Å²) in [6, 6.07) is 0. The van der Waals surface area contributed by atoms with Crippen molar-refractivity contribution in [1.82, 2.24) is 0 Å². The van der Waals surface area contributed by atoms with Crippen LogP contribution in [0.2, 0.25) is 0 Å². The highest BCUT2D eigenvalue weighted by Crippen LogP contribution is 2.19. The van der Waals surface area contributed by atoms with Crippen LogP contribution in [0.5, 0.6) is 0 Å². The average Bonchev–Trinajstić information content (AvgIpc) is 3.47. The van der Waals surface area contributed by atoms with Crippen LogP contribution in [0, 0.1) is 0 Å². The van der Waals surface area contributed by atoms with Gasteiger partial charge in [-0.25, -0.2) is 0 Å².